The van der Waals surface area contributed by atoms with Gasteiger partial charge in [0.15, 0.2) is 0 Å². The number of methoxy groups -OCH3 is 2. The summed E-state index contributed by atoms with van der Waals surface area (Å²) in [5.74, 6) is -0.822. The van der Waals surface area contributed by atoms with E-state index in [0.717, 1.165) is 9.79 Å². The Balaban J connectivity index is 2.31. The van der Waals surface area contributed by atoms with E-state index in [2.05, 4.69) is 17.4 Å². The zero-order valence-corrected chi connectivity index (χ0v) is 13.7. The minimum Gasteiger partial charge on any atom is -0.465 e. The van der Waals surface area contributed by atoms with Gasteiger partial charge in [-0.3, -0.25) is 0 Å². The number of rotatable bonds is 4. The van der Waals surface area contributed by atoms with E-state index in [0.29, 0.717) is 16.0 Å². The van der Waals surface area contributed by atoms with Crippen LogP contribution in [-0.2, 0) is 9.47 Å². The lowest BCUT2D eigenvalue weighted by Crippen LogP contribution is -2.03. The van der Waals surface area contributed by atoms with Crippen molar-refractivity contribution in [3.63, 3.8) is 0 Å². The Bertz CT molecular complexity index is 713. The number of carbonyl (C=O) groups is 2. The number of ether oxygens (including phenoxy) is 2. The minimum absolute atomic E-state index is 0.389. The lowest BCUT2D eigenvalue weighted by molar-refractivity contribution is 0.0588. The highest BCUT2D eigenvalue weighted by atomic mass is 32.2. The Morgan fingerprint density at radius 2 is 1.59 bits per heavy atom. The van der Waals surface area contributed by atoms with Gasteiger partial charge in [-0.2, -0.15) is 0 Å². The first-order valence-corrected chi connectivity index (χ1v) is 7.59. The summed E-state index contributed by atoms with van der Waals surface area (Å²) in [6.07, 6.45) is 0. The highest BCUT2D eigenvalue weighted by Gasteiger charge is 2.14. The molecule has 0 aliphatic heterocycles. The van der Waals surface area contributed by atoms with Crippen molar-refractivity contribution in [1.82, 2.24) is 0 Å². The molecule has 2 aromatic rings. The van der Waals surface area contributed by atoms with E-state index >= 15 is 0 Å². The fourth-order valence-electron chi connectivity index (χ4n) is 1.82. The van der Waals surface area contributed by atoms with Crippen LogP contribution in [0.5, 0.6) is 0 Å². The standard InChI is InChI=1S/C16H14O4S2/c1-19-15(17)11-8-7-10(9-13(11)21)22-14-6-4-3-5-12(14)16(18)20-2/h3-9,21H,1-2H3. The Morgan fingerprint density at radius 3 is 2.23 bits per heavy atom. The van der Waals surface area contributed by atoms with E-state index < -0.39 is 5.97 Å². The zero-order chi connectivity index (χ0) is 16.1. The van der Waals surface area contributed by atoms with E-state index in [9.17, 15) is 9.59 Å². The molecule has 22 heavy (non-hydrogen) atoms. The SMILES string of the molecule is COC(=O)c1ccc(Sc2ccccc2C(=O)OC)cc1S. The van der Waals surface area contributed by atoms with Crippen LogP contribution in [0.3, 0.4) is 0 Å². The lowest BCUT2D eigenvalue weighted by Gasteiger charge is -2.09. The average molecular weight is 334 g/mol. The van der Waals surface area contributed by atoms with Crippen molar-refractivity contribution in [2.75, 3.05) is 14.2 Å². The van der Waals surface area contributed by atoms with Crippen LogP contribution in [0, 0.1) is 0 Å². The second-order valence-corrected chi connectivity index (χ2v) is 5.86. The average Bonchev–Trinajstić information content (AvgIpc) is 2.54. The van der Waals surface area contributed by atoms with Crippen LogP contribution < -0.4 is 0 Å². The molecule has 2 rings (SSSR count). The van der Waals surface area contributed by atoms with E-state index in [-0.39, 0.29) is 5.97 Å². The van der Waals surface area contributed by atoms with Crippen LogP contribution in [0.15, 0.2) is 57.2 Å². The zero-order valence-electron chi connectivity index (χ0n) is 12.0. The molecule has 114 valence electrons. The van der Waals surface area contributed by atoms with Crippen LogP contribution in [0.2, 0.25) is 0 Å². The summed E-state index contributed by atoms with van der Waals surface area (Å²) in [5.41, 5.74) is 0.893. The molecule has 4 nitrogen and oxygen atoms in total. The number of esters is 2. The molecule has 0 radical (unpaired) electrons. The van der Waals surface area contributed by atoms with Gasteiger partial charge < -0.3 is 9.47 Å². The fourth-order valence-corrected chi connectivity index (χ4v) is 3.19. The molecule has 0 bridgehead atoms. The van der Waals surface area contributed by atoms with Gasteiger partial charge in [-0.1, -0.05) is 23.9 Å². The van der Waals surface area contributed by atoms with Crippen LogP contribution >= 0.6 is 24.4 Å². The molecule has 0 saturated carbocycles. The summed E-state index contributed by atoms with van der Waals surface area (Å²) >= 11 is 5.70. The minimum atomic E-state index is -0.434. The maximum atomic E-state index is 11.8. The molecule has 0 aromatic heterocycles. The van der Waals surface area contributed by atoms with Crippen LogP contribution in [-0.4, -0.2) is 26.2 Å². The summed E-state index contributed by atoms with van der Waals surface area (Å²) in [6, 6.07) is 12.4. The van der Waals surface area contributed by atoms with E-state index in [1.54, 1.807) is 30.3 Å². The second-order valence-electron chi connectivity index (χ2n) is 4.26. The van der Waals surface area contributed by atoms with E-state index in [1.165, 1.54) is 26.0 Å². The quantitative estimate of drug-likeness (QED) is 0.682. The van der Waals surface area contributed by atoms with Crippen molar-refractivity contribution < 1.29 is 19.1 Å². The molecule has 0 saturated heterocycles. The Hall–Kier alpha value is -1.92. The van der Waals surface area contributed by atoms with Crippen molar-refractivity contribution in [2.24, 2.45) is 0 Å². The molecule has 0 amide bonds. The topological polar surface area (TPSA) is 52.6 Å². The van der Waals surface area contributed by atoms with Gasteiger partial charge in [-0.05, 0) is 30.3 Å². The summed E-state index contributed by atoms with van der Waals surface area (Å²) in [6.45, 7) is 0. The summed E-state index contributed by atoms with van der Waals surface area (Å²) in [7, 11) is 2.67. The molecule has 2 aromatic carbocycles. The number of hydrogen-bond donors (Lipinski definition) is 1. The number of carbonyl (C=O) groups excluding carboxylic acids is 2. The summed E-state index contributed by atoms with van der Waals surface area (Å²) < 4.78 is 9.46. The van der Waals surface area contributed by atoms with Gasteiger partial charge in [0.25, 0.3) is 0 Å². The van der Waals surface area contributed by atoms with Crippen molar-refractivity contribution in [3.8, 4) is 0 Å². The normalized spacial score (nSPS) is 10.1. The summed E-state index contributed by atoms with van der Waals surface area (Å²) in [4.78, 5) is 25.5. The Morgan fingerprint density at radius 1 is 0.955 bits per heavy atom. The van der Waals surface area contributed by atoms with Gasteiger partial charge in [-0.25, -0.2) is 9.59 Å². The van der Waals surface area contributed by atoms with Crippen LogP contribution in [0.25, 0.3) is 0 Å². The van der Waals surface area contributed by atoms with Gasteiger partial charge in [0.1, 0.15) is 0 Å². The third-order valence-corrected chi connectivity index (χ3v) is 4.33. The highest BCUT2D eigenvalue weighted by Crippen LogP contribution is 2.33. The first-order chi connectivity index (χ1) is 10.6. The molecule has 0 aliphatic rings. The Labute approximate surface area is 138 Å². The van der Waals surface area contributed by atoms with Gasteiger partial charge in [-0.15, -0.1) is 12.6 Å². The van der Waals surface area contributed by atoms with Gasteiger partial charge in [0, 0.05) is 14.7 Å². The molecule has 0 N–H and O–H groups in total. The maximum Gasteiger partial charge on any atom is 0.339 e. The molecule has 0 atom stereocenters. The third-order valence-electron chi connectivity index (χ3n) is 2.89. The van der Waals surface area contributed by atoms with Gasteiger partial charge in [0.2, 0.25) is 0 Å². The Kier molecular flexibility index (Phi) is 5.51. The van der Waals surface area contributed by atoms with Crippen LogP contribution in [0.1, 0.15) is 20.7 Å². The molecule has 0 fully saturated rings. The number of benzene rings is 2. The second kappa shape index (κ2) is 7.38. The van der Waals surface area contributed by atoms with Crippen LogP contribution in [0.4, 0.5) is 0 Å². The first kappa shape index (κ1) is 16.5. The smallest absolute Gasteiger partial charge is 0.339 e. The van der Waals surface area contributed by atoms with Gasteiger partial charge >= 0.3 is 11.9 Å². The number of thiol groups is 1. The lowest BCUT2D eigenvalue weighted by atomic mass is 10.2. The predicted molar refractivity (Wildman–Crippen MR) is 86.9 cm³/mol. The first-order valence-electron chi connectivity index (χ1n) is 6.33. The summed E-state index contributed by atoms with van der Waals surface area (Å²) in [5, 5.41) is 0. The molecule has 0 heterocycles. The van der Waals surface area contributed by atoms with Crippen molar-refractivity contribution in [2.45, 2.75) is 14.7 Å². The fraction of sp³-hybridized carbons (Fsp3) is 0.125. The molecule has 6 heteroatoms. The highest BCUT2D eigenvalue weighted by molar-refractivity contribution is 7.99. The van der Waals surface area contributed by atoms with Gasteiger partial charge in [0.05, 0.1) is 25.3 Å². The molecular weight excluding hydrogens is 320 g/mol. The molecular formula is C16H14O4S2. The van der Waals surface area contributed by atoms with E-state index in [4.69, 9.17) is 4.74 Å². The number of hydrogen-bond acceptors (Lipinski definition) is 6. The monoisotopic (exact) mass is 334 g/mol. The molecule has 0 spiro atoms. The van der Waals surface area contributed by atoms with Crippen molar-refractivity contribution >= 4 is 36.3 Å². The van der Waals surface area contributed by atoms with Crippen molar-refractivity contribution in [3.05, 3.63) is 53.6 Å². The largest absolute Gasteiger partial charge is 0.465 e. The molecule has 0 aliphatic carbocycles. The predicted octanol–water partition coefficient (Wildman–Crippen LogP) is 3.70. The molecule has 0 unspecified atom stereocenters. The van der Waals surface area contributed by atoms with Crippen molar-refractivity contribution in [1.29, 1.82) is 0 Å². The van der Waals surface area contributed by atoms with E-state index in [1.807, 2.05) is 12.1 Å². The maximum absolute atomic E-state index is 11.8. The third kappa shape index (κ3) is 3.64.